The largest absolute Gasteiger partial charge is 0.345 e. The van der Waals surface area contributed by atoms with Gasteiger partial charge in [-0.25, -0.2) is 4.98 Å². The van der Waals surface area contributed by atoms with Crippen molar-refractivity contribution < 1.29 is 9.59 Å². The number of fused-ring (bicyclic) bond motifs is 1. The number of aldehydes is 2. The van der Waals surface area contributed by atoms with Crippen molar-refractivity contribution in [2.75, 3.05) is 0 Å². The Morgan fingerprint density at radius 2 is 2.20 bits per heavy atom. The fourth-order valence-corrected chi connectivity index (χ4v) is 1.38. The maximum absolute atomic E-state index is 10.7. The van der Waals surface area contributed by atoms with Crippen LogP contribution < -0.4 is 0 Å². The minimum absolute atomic E-state index is 0.568. The van der Waals surface area contributed by atoms with E-state index in [2.05, 4.69) is 9.97 Å². The summed E-state index contributed by atoms with van der Waals surface area (Å²) in [6.45, 7) is 0. The molecular weight excluding hydrogens is 192 g/mol. The van der Waals surface area contributed by atoms with Crippen molar-refractivity contribution in [2.45, 2.75) is 0 Å². The zero-order chi connectivity index (χ0) is 10.7. The third kappa shape index (κ3) is 1.69. The van der Waals surface area contributed by atoms with Crippen molar-refractivity contribution in [2.24, 2.45) is 0 Å². The second-order valence-corrected chi connectivity index (χ2v) is 3.02. The third-order valence-electron chi connectivity index (χ3n) is 2.08. The van der Waals surface area contributed by atoms with Gasteiger partial charge < -0.3 is 4.98 Å². The van der Waals surface area contributed by atoms with Crippen LogP contribution in [0.25, 0.3) is 17.1 Å². The average Bonchev–Trinajstić information content (AvgIpc) is 2.68. The standard InChI is InChI=1S/C11H8N2O2/c14-3-1-2-8-4-10-9(7-15)6-13-11(10)12-5-8/h1-7H,(H,12,13). The van der Waals surface area contributed by atoms with Crippen molar-refractivity contribution in [1.82, 2.24) is 9.97 Å². The highest BCUT2D eigenvalue weighted by molar-refractivity contribution is 5.96. The van der Waals surface area contributed by atoms with Gasteiger partial charge in [0.15, 0.2) is 6.29 Å². The zero-order valence-corrected chi connectivity index (χ0v) is 7.81. The number of allylic oxidation sites excluding steroid dienone is 1. The van der Waals surface area contributed by atoms with Crippen molar-refractivity contribution in [3.63, 3.8) is 0 Å². The summed E-state index contributed by atoms with van der Waals surface area (Å²) in [6, 6.07) is 1.81. The predicted octanol–water partition coefficient (Wildman–Crippen LogP) is 1.59. The highest BCUT2D eigenvalue weighted by Crippen LogP contribution is 2.16. The molecule has 0 amide bonds. The molecule has 0 bridgehead atoms. The van der Waals surface area contributed by atoms with E-state index in [0.29, 0.717) is 17.5 Å². The summed E-state index contributed by atoms with van der Waals surface area (Å²) in [5, 5.41) is 0.762. The Morgan fingerprint density at radius 1 is 1.33 bits per heavy atom. The van der Waals surface area contributed by atoms with E-state index in [1.54, 1.807) is 18.5 Å². The van der Waals surface area contributed by atoms with E-state index in [-0.39, 0.29) is 0 Å². The number of carbonyl (C=O) groups excluding carboxylic acids is 2. The summed E-state index contributed by atoms with van der Waals surface area (Å²) < 4.78 is 0. The number of nitrogens with one attached hydrogen (secondary N) is 1. The van der Waals surface area contributed by atoms with Gasteiger partial charge in [0.1, 0.15) is 11.9 Å². The van der Waals surface area contributed by atoms with E-state index in [0.717, 1.165) is 17.2 Å². The van der Waals surface area contributed by atoms with Gasteiger partial charge in [-0.1, -0.05) is 6.08 Å². The normalized spacial score (nSPS) is 10.9. The molecule has 2 heterocycles. The van der Waals surface area contributed by atoms with Crippen molar-refractivity contribution in [3.8, 4) is 0 Å². The molecule has 0 aliphatic carbocycles. The molecule has 0 aliphatic rings. The summed E-state index contributed by atoms with van der Waals surface area (Å²) in [5.74, 6) is 0. The van der Waals surface area contributed by atoms with Crippen molar-refractivity contribution >= 4 is 29.7 Å². The Morgan fingerprint density at radius 3 is 2.93 bits per heavy atom. The van der Waals surface area contributed by atoms with Gasteiger partial charge in [-0.2, -0.15) is 0 Å². The number of nitrogens with zero attached hydrogens (tertiary/aromatic N) is 1. The second-order valence-electron chi connectivity index (χ2n) is 3.02. The van der Waals surface area contributed by atoms with Crippen LogP contribution in [-0.4, -0.2) is 22.5 Å². The highest BCUT2D eigenvalue weighted by atomic mass is 16.1. The van der Waals surface area contributed by atoms with Crippen LogP contribution in [0.4, 0.5) is 0 Å². The van der Waals surface area contributed by atoms with E-state index < -0.39 is 0 Å². The summed E-state index contributed by atoms with van der Waals surface area (Å²) in [5.41, 5.74) is 2.02. The maximum atomic E-state index is 10.7. The fraction of sp³-hybridized carbons (Fsp3) is 0. The minimum Gasteiger partial charge on any atom is -0.345 e. The van der Waals surface area contributed by atoms with Crippen LogP contribution in [0.1, 0.15) is 15.9 Å². The lowest BCUT2D eigenvalue weighted by molar-refractivity contribution is -0.104. The number of aromatic amines is 1. The average molecular weight is 200 g/mol. The van der Waals surface area contributed by atoms with Gasteiger partial charge in [0.25, 0.3) is 0 Å². The second kappa shape index (κ2) is 3.88. The molecule has 0 aliphatic heterocycles. The molecule has 0 radical (unpaired) electrons. The predicted molar refractivity (Wildman–Crippen MR) is 56.6 cm³/mol. The van der Waals surface area contributed by atoms with Crippen LogP contribution in [0.3, 0.4) is 0 Å². The molecule has 0 saturated carbocycles. The van der Waals surface area contributed by atoms with E-state index in [4.69, 9.17) is 0 Å². The molecule has 0 saturated heterocycles. The number of H-pyrrole nitrogens is 1. The molecule has 0 spiro atoms. The fourth-order valence-electron chi connectivity index (χ4n) is 1.38. The van der Waals surface area contributed by atoms with Crippen LogP contribution in [-0.2, 0) is 4.79 Å². The van der Waals surface area contributed by atoms with Crippen molar-refractivity contribution in [3.05, 3.63) is 35.7 Å². The van der Waals surface area contributed by atoms with E-state index in [1.165, 1.54) is 6.08 Å². The summed E-state index contributed by atoms with van der Waals surface area (Å²) in [6.07, 6.45) is 7.73. The summed E-state index contributed by atoms with van der Waals surface area (Å²) >= 11 is 0. The van der Waals surface area contributed by atoms with Gasteiger partial charge in [-0.05, 0) is 17.7 Å². The van der Waals surface area contributed by atoms with E-state index in [1.807, 2.05) is 6.07 Å². The first kappa shape index (κ1) is 9.33. The molecule has 2 aromatic heterocycles. The quantitative estimate of drug-likeness (QED) is 0.604. The summed E-state index contributed by atoms with van der Waals surface area (Å²) in [4.78, 5) is 27.8. The lowest BCUT2D eigenvalue weighted by atomic mass is 10.2. The van der Waals surface area contributed by atoms with Crippen molar-refractivity contribution in [1.29, 1.82) is 0 Å². The Labute approximate surface area is 85.6 Å². The van der Waals surface area contributed by atoms with Gasteiger partial charge in [0.05, 0.1) is 0 Å². The van der Waals surface area contributed by atoms with Gasteiger partial charge in [-0.15, -0.1) is 0 Å². The van der Waals surface area contributed by atoms with Crippen LogP contribution >= 0.6 is 0 Å². The monoisotopic (exact) mass is 200 g/mol. The molecular formula is C11H8N2O2. The molecule has 0 atom stereocenters. The third-order valence-corrected chi connectivity index (χ3v) is 2.08. The first-order chi connectivity index (χ1) is 7.35. The molecule has 2 aromatic rings. The number of aromatic nitrogens is 2. The van der Waals surface area contributed by atoms with Crippen LogP contribution in [0.5, 0.6) is 0 Å². The molecule has 0 fully saturated rings. The lowest BCUT2D eigenvalue weighted by Gasteiger charge is -1.93. The van der Waals surface area contributed by atoms with E-state index >= 15 is 0 Å². The Hall–Kier alpha value is -2.23. The van der Waals surface area contributed by atoms with E-state index in [9.17, 15) is 9.59 Å². The smallest absolute Gasteiger partial charge is 0.152 e. The van der Waals surface area contributed by atoms with Crippen LogP contribution in [0, 0.1) is 0 Å². The molecule has 1 N–H and O–H groups in total. The lowest BCUT2D eigenvalue weighted by Crippen LogP contribution is -1.81. The SMILES string of the molecule is O=CC=Cc1cnc2[nH]cc(C=O)c2c1. The number of hydrogen-bond donors (Lipinski definition) is 1. The Balaban J connectivity index is 2.57. The van der Waals surface area contributed by atoms with Crippen LogP contribution in [0.2, 0.25) is 0 Å². The van der Waals surface area contributed by atoms with Crippen LogP contribution in [0.15, 0.2) is 24.5 Å². The number of carbonyl (C=O) groups is 2. The Bertz CT molecular complexity index is 541. The first-order valence-corrected chi connectivity index (χ1v) is 4.39. The molecule has 4 nitrogen and oxygen atoms in total. The first-order valence-electron chi connectivity index (χ1n) is 4.39. The molecule has 2 rings (SSSR count). The molecule has 0 unspecified atom stereocenters. The number of hydrogen-bond acceptors (Lipinski definition) is 3. The summed E-state index contributed by atoms with van der Waals surface area (Å²) in [7, 11) is 0. The zero-order valence-electron chi connectivity index (χ0n) is 7.81. The van der Waals surface area contributed by atoms with Gasteiger partial charge >= 0.3 is 0 Å². The molecule has 4 heteroatoms. The number of rotatable bonds is 3. The maximum Gasteiger partial charge on any atom is 0.152 e. The molecule has 15 heavy (non-hydrogen) atoms. The number of pyridine rings is 1. The minimum atomic E-state index is 0.568. The molecule has 0 aromatic carbocycles. The van der Waals surface area contributed by atoms with Gasteiger partial charge in [0.2, 0.25) is 0 Å². The topological polar surface area (TPSA) is 62.8 Å². The molecule has 74 valence electrons. The van der Waals surface area contributed by atoms with Gasteiger partial charge in [-0.3, -0.25) is 9.59 Å². The Kier molecular flexibility index (Phi) is 2.41. The highest BCUT2D eigenvalue weighted by Gasteiger charge is 2.03. The van der Waals surface area contributed by atoms with Gasteiger partial charge in [0, 0.05) is 23.3 Å².